The van der Waals surface area contributed by atoms with E-state index < -0.39 is 10.8 Å². The lowest BCUT2D eigenvalue weighted by Gasteiger charge is -2.38. The van der Waals surface area contributed by atoms with Gasteiger partial charge in [-0.1, -0.05) is 45.0 Å². The molecule has 0 aliphatic carbocycles. The van der Waals surface area contributed by atoms with Gasteiger partial charge in [-0.25, -0.2) is 4.99 Å². The van der Waals surface area contributed by atoms with Crippen molar-refractivity contribution in [2.45, 2.75) is 46.6 Å². The van der Waals surface area contributed by atoms with Gasteiger partial charge in [-0.05, 0) is 25.0 Å². The Balaban J connectivity index is 2.61. The lowest BCUT2D eigenvalue weighted by atomic mass is 9.67. The summed E-state index contributed by atoms with van der Waals surface area (Å²) in [6.45, 7) is 10.8. The number of hydrogen-bond acceptors (Lipinski definition) is 3. The van der Waals surface area contributed by atoms with E-state index in [0.29, 0.717) is 19.0 Å². The number of rotatable bonds is 2. The highest BCUT2D eigenvalue weighted by Gasteiger charge is 2.49. The quantitative estimate of drug-likeness (QED) is 0.827. The van der Waals surface area contributed by atoms with Crippen LogP contribution in [0.4, 0.5) is 0 Å². The molecule has 3 nitrogen and oxygen atoms in total. The van der Waals surface area contributed by atoms with Crippen LogP contribution in [0.5, 0.6) is 0 Å². The lowest BCUT2D eigenvalue weighted by Crippen LogP contribution is -2.49. The van der Waals surface area contributed by atoms with Gasteiger partial charge < -0.3 is 4.74 Å². The van der Waals surface area contributed by atoms with Crippen molar-refractivity contribution in [3.05, 3.63) is 35.4 Å². The Morgan fingerprint density at radius 1 is 1.35 bits per heavy atom. The van der Waals surface area contributed by atoms with Crippen LogP contribution in [0.3, 0.4) is 0 Å². The molecule has 0 N–H and O–H groups in total. The summed E-state index contributed by atoms with van der Waals surface area (Å²) >= 11 is 0. The van der Waals surface area contributed by atoms with Crippen molar-refractivity contribution >= 4 is 11.7 Å². The number of carbonyl (C=O) groups is 1. The van der Waals surface area contributed by atoms with Gasteiger partial charge in [0.2, 0.25) is 5.90 Å². The first-order valence-corrected chi connectivity index (χ1v) is 7.12. The van der Waals surface area contributed by atoms with E-state index in [4.69, 9.17) is 4.74 Å². The Morgan fingerprint density at radius 2 is 2.00 bits per heavy atom. The number of hydrogen-bond donors (Lipinski definition) is 0. The highest BCUT2D eigenvalue weighted by Crippen LogP contribution is 2.39. The molecule has 1 heterocycles. The van der Waals surface area contributed by atoms with Crippen LogP contribution in [0, 0.1) is 5.41 Å². The van der Waals surface area contributed by atoms with Crippen LogP contribution < -0.4 is 0 Å². The van der Waals surface area contributed by atoms with Crippen molar-refractivity contribution in [2.24, 2.45) is 10.4 Å². The van der Waals surface area contributed by atoms with Crippen molar-refractivity contribution in [2.75, 3.05) is 6.61 Å². The Bertz CT molecular complexity index is 554. The molecule has 0 radical (unpaired) electrons. The van der Waals surface area contributed by atoms with E-state index in [1.807, 2.05) is 58.9 Å². The molecule has 0 bridgehead atoms. The summed E-state index contributed by atoms with van der Waals surface area (Å²) in [5.74, 6) is 0.697. The fourth-order valence-electron chi connectivity index (χ4n) is 2.87. The number of ether oxygens (including phenoxy) is 1. The van der Waals surface area contributed by atoms with Gasteiger partial charge in [0.25, 0.3) is 0 Å². The molecule has 0 saturated carbocycles. The SMILES string of the molecule is CCOC1=NCc2ccccc2C1(C)C(=O)C(C)(C)C. The fraction of sp³-hybridized carbons (Fsp3) is 0.529. The summed E-state index contributed by atoms with van der Waals surface area (Å²) in [6, 6.07) is 8.02. The van der Waals surface area contributed by atoms with Crippen molar-refractivity contribution < 1.29 is 9.53 Å². The predicted molar refractivity (Wildman–Crippen MR) is 81.0 cm³/mol. The summed E-state index contributed by atoms with van der Waals surface area (Å²) in [5.41, 5.74) is 0.898. The Labute approximate surface area is 121 Å². The molecule has 1 aromatic rings. The van der Waals surface area contributed by atoms with Gasteiger partial charge in [0.15, 0.2) is 5.78 Å². The number of carbonyl (C=O) groups excluding carboxylic acids is 1. The molecular formula is C17H23NO2. The highest BCUT2D eigenvalue weighted by atomic mass is 16.5. The van der Waals surface area contributed by atoms with Crippen molar-refractivity contribution in [3.63, 3.8) is 0 Å². The molecule has 1 atom stereocenters. The third-order valence-corrected chi connectivity index (χ3v) is 3.79. The van der Waals surface area contributed by atoms with Gasteiger partial charge in [-0.2, -0.15) is 0 Å². The highest BCUT2D eigenvalue weighted by molar-refractivity contribution is 6.14. The third-order valence-electron chi connectivity index (χ3n) is 3.79. The molecule has 1 aliphatic heterocycles. The molecule has 3 heteroatoms. The van der Waals surface area contributed by atoms with E-state index in [1.165, 1.54) is 0 Å². The topological polar surface area (TPSA) is 38.7 Å². The largest absolute Gasteiger partial charge is 0.480 e. The summed E-state index contributed by atoms with van der Waals surface area (Å²) in [5, 5.41) is 0. The molecule has 0 fully saturated rings. The van der Waals surface area contributed by atoms with Crippen LogP contribution >= 0.6 is 0 Å². The summed E-state index contributed by atoms with van der Waals surface area (Å²) < 4.78 is 5.70. The summed E-state index contributed by atoms with van der Waals surface area (Å²) in [6.07, 6.45) is 0. The molecule has 0 aromatic heterocycles. The zero-order valence-corrected chi connectivity index (χ0v) is 13.0. The maximum atomic E-state index is 13.0. The van der Waals surface area contributed by atoms with E-state index in [0.717, 1.165) is 11.1 Å². The number of aliphatic imine (C=N–C) groups is 1. The minimum Gasteiger partial charge on any atom is -0.480 e. The molecule has 2 rings (SSSR count). The van der Waals surface area contributed by atoms with Crippen molar-refractivity contribution in [1.82, 2.24) is 0 Å². The van der Waals surface area contributed by atoms with E-state index in [9.17, 15) is 4.79 Å². The standard InChI is InChI=1S/C17H23NO2/c1-6-20-15-17(5,14(19)16(2,3)4)13-10-8-7-9-12(13)11-18-15/h7-10H,6,11H2,1-5H3. The minimum atomic E-state index is -0.789. The third kappa shape index (κ3) is 2.26. The minimum absolute atomic E-state index is 0.143. The zero-order chi connectivity index (χ0) is 15.0. The molecule has 0 amide bonds. The van der Waals surface area contributed by atoms with Crippen molar-refractivity contribution in [3.8, 4) is 0 Å². The number of nitrogens with zero attached hydrogens (tertiary/aromatic N) is 1. The maximum Gasteiger partial charge on any atom is 0.201 e. The van der Waals surface area contributed by atoms with Crippen LogP contribution in [0.2, 0.25) is 0 Å². The van der Waals surface area contributed by atoms with Gasteiger partial charge in [-0.3, -0.25) is 4.79 Å². The van der Waals surface area contributed by atoms with Crippen LogP contribution in [0.15, 0.2) is 29.3 Å². The Hall–Kier alpha value is -1.64. The maximum absolute atomic E-state index is 13.0. The van der Waals surface area contributed by atoms with Gasteiger partial charge in [0.1, 0.15) is 5.41 Å². The first-order valence-electron chi connectivity index (χ1n) is 7.12. The summed E-state index contributed by atoms with van der Waals surface area (Å²) in [7, 11) is 0. The average Bonchev–Trinajstić information content (AvgIpc) is 2.40. The van der Waals surface area contributed by atoms with Crippen LogP contribution in [0.25, 0.3) is 0 Å². The van der Waals surface area contributed by atoms with Crippen LogP contribution in [-0.4, -0.2) is 18.3 Å². The summed E-state index contributed by atoms with van der Waals surface area (Å²) in [4.78, 5) is 17.6. The zero-order valence-electron chi connectivity index (χ0n) is 13.0. The number of fused-ring (bicyclic) bond motifs is 1. The van der Waals surface area contributed by atoms with Gasteiger partial charge in [0.05, 0.1) is 13.2 Å². The molecule has 1 aromatic carbocycles. The van der Waals surface area contributed by atoms with E-state index >= 15 is 0 Å². The van der Waals surface area contributed by atoms with Gasteiger partial charge >= 0.3 is 0 Å². The first-order chi connectivity index (χ1) is 9.31. The van der Waals surface area contributed by atoms with E-state index in [2.05, 4.69) is 4.99 Å². The number of ketones is 1. The second-order valence-electron chi connectivity index (χ2n) is 6.42. The van der Waals surface area contributed by atoms with Crippen LogP contribution in [0.1, 0.15) is 45.7 Å². The van der Waals surface area contributed by atoms with E-state index in [1.54, 1.807) is 0 Å². The first kappa shape index (κ1) is 14.8. The molecule has 1 unspecified atom stereocenters. The molecule has 1 aliphatic rings. The Morgan fingerprint density at radius 3 is 2.60 bits per heavy atom. The fourth-order valence-corrected chi connectivity index (χ4v) is 2.87. The second kappa shape index (κ2) is 5.04. The average molecular weight is 273 g/mol. The Kier molecular flexibility index (Phi) is 3.72. The monoisotopic (exact) mass is 273 g/mol. The van der Waals surface area contributed by atoms with Crippen LogP contribution in [-0.2, 0) is 21.5 Å². The normalized spacial score (nSPS) is 21.9. The second-order valence-corrected chi connectivity index (χ2v) is 6.42. The molecular weight excluding hydrogens is 250 g/mol. The molecule has 0 spiro atoms. The van der Waals surface area contributed by atoms with Gasteiger partial charge in [-0.15, -0.1) is 0 Å². The molecule has 108 valence electrons. The molecule has 20 heavy (non-hydrogen) atoms. The number of benzene rings is 1. The predicted octanol–water partition coefficient (Wildman–Crippen LogP) is 3.51. The van der Waals surface area contributed by atoms with Gasteiger partial charge in [0, 0.05) is 5.41 Å². The smallest absolute Gasteiger partial charge is 0.201 e. The molecule has 0 saturated heterocycles. The van der Waals surface area contributed by atoms with Crippen molar-refractivity contribution in [1.29, 1.82) is 0 Å². The number of Topliss-reactive ketones (excluding diaryl/α,β-unsaturated/α-hetero) is 1. The lowest BCUT2D eigenvalue weighted by molar-refractivity contribution is -0.129. The van der Waals surface area contributed by atoms with E-state index in [-0.39, 0.29) is 5.78 Å².